The Hall–Kier alpha value is -2.66. The maximum absolute atomic E-state index is 12.6. The van der Waals surface area contributed by atoms with Gasteiger partial charge in [-0.1, -0.05) is 36.8 Å². The Balaban J connectivity index is 1.45. The molecule has 1 aliphatic rings. The molecular weight excluding hydrogens is 342 g/mol. The van der Waals surface area contributed by atoms with E-state index >= 15 is 0 Å². The number of hydrogen-bond acceptors (Lipinski definition) is 2. The van der Waals surface area contributed by atoms with Crippen molar-refractivity contribution in [2.24, 2.45) is 0 Å². The molecule has 0 spiro atoms. The maximum atomic E-state index is 12.6. The smallest absolute Gasteiger partial charge is 0.251 e. The molecule has 1 aliphatic carbocycles. The Bertz CT molecular complexity index is 953. The van der Waals surface area contributed by atoms with Crippen molar-refractivity contribution in [3.8, 4) is 5.69 Å². The van der Waals surface area contributed by atoms with Crippen LogP contribution in [0, 0.1) is 4.77 Å². The molecular formula is C21H21N3OS. The normalized spacial score (nSPS) is 15.2. The number of hydrogen-bond donors (Lipinski definition) is 2. The summed E-state index contributed by atoms with van der Waals surface area (Å²) >= 11 is 5.23. The summed E-state index contributed by atoms with van der Waals surface area (Å²) in [5, 5.41) is 3.13. The number of aromatic amines is 1. The lowest BCUT2D eigenvalue weighted by Crippen LogP contribution is -2.45. The van der Waals surface area contributed by atoms with Gasteiger partial charge in [-0.2, -0.15) is 0 Å². The Kier molecular flexibility index (Phi) is 4.47. The van der Waals surface area contributed by atoms with E-state index in [0.717, 1.165) is 18.5 Å². The summed E-state index contributed by atoms with van der Waals surface area (Å²) in [5.41, 5.74) is 3.02. The van der Waals surface area contributed by atoms with E-state index in [2.05, 4.69) is 34.6 Å². The van der Waals surface area contributed by atoms with Crippen LogP contribution in [0.5, 0.6) is 0 Å². The SMILES string of the molecule is O=C(NCC1(c2ccccc2)CCC1)c1ccc(-n2cc[nH]c2=S)cc1. The van der Waals surface area contributed by atoms with Crippen LogP contribution in [0.25, 0.3) is 5.69 Å². The van der Waals surface area contributed by atoms with Gasteiger partial charge in [0.05, 0.1) is 0 Å². The number of aromatic nitrogens is 2. The summed E-state index contributed by atoms with van der Waals surface area (Å²) in [4.78, 5) is 15.6. The molecule has 1 heterocycles. The van der Waals surface area contributed by atoms with Crippen molar-refractivity contribution in [1.82, 2.24) is 14.9 Å². The van der Waals surface area contributed by atoms with Crippen LogP contribution in [-0.2, 0) is 5.41 Å². The number of nitrogens with one attached hydrogen (secondary N) is 2. The van der Waals surface area contributed by atoms with Gasteiger partial charge in [0.1, 0.15) is 0 Å². The quantitative estimate of drug-likeness (QED) is 0.661. The fourth-order valence-electron chi connectivity index (χ4n) is 3.61. The Labute approximate surface area is 157 Å². The average Bonchev–Trinajstić information content (AvgIpc) is 3.08. The molecule has 0 atom stereocenters. The summed E-state index contributed by atoms with van der Waals surface area (Å²) in [7, 11) is 0. The van der Waals surface area contributed by atoms with Crippen molar-refractivity contribution < 1.29 is 4.79 Å². The van der Waals surface area contributed by atoms with E-state index in [1.807, 2.05) is 41.1 Å². The zero-order valence-electron chi connectivity index (χ0n) is 14.4. The van der Waals surface area contributed by atoms with E-state index in [-0.39, 0.29) is 11.3 Å². The lowest BCUT2D eigenvalue weighted by Gasteiger charge is -2.42. The zero-order valence-corrected chi connectivity index (χ0v) is 15.3. The van der Waals surface area contributed by atoms with E-state index in [4.69, 9.17) is 12.2 Å². The molecule has 2 aromatic carbocycles. The van der Waals surface area contributed by atoms with Crippen molar-refractivity contribution in [3.63, 3.8) is 0 Å². The van der Waals surface area contributed by atoms with Crippen molar-refractivity contribution in [2.45, 2.75) is 24.7 Å². The first-order chi connectivity index (χ1) is 12.7. The van der Waals surface area contributed by atoms with Gasteiger partial charge < -0.3 is 10.3 Å². The first-order valence-electron chi connectivity index (χ1n) is 8.88. The highest BCUT2D eigenvalue weighted by Gasteiger charge is 2.38. The summed E-state index contributed by atoms with van der Waals surface area (Å²) in [6, 6.07) is 18.0. The van der Waals surface area contributed by atoms with Crippen LogP contribution < -0.4 is 5.32 Å². The van der Waals surface area contributed by atoms with Gasteiger partial charge in [-0.15, -0.1) is 0 Å². The molecule has 1 fully saturated rings. The average molecular weight is 363 g/mol. The van der Waals surface area contributed by atoms with Gasteiger partial charge in [-0.05, 0) is 54.9 Å². The number of rotatable bonds is 5. The lowest BCUT2D eigenvalue weighted by molar-refractivity contribution is 0.0928. The highest BCUT2D eigenvalue weighted by Crippen LogP contribution is 2.43. The molecule has 0 radical (unpaired) electrons. The number of imidazole rings is 1. The van der Waals surface area contributed by atoms with Gasteiger partial charge in [0, 0.05) is 35.6 Å². The van der Waals surface area contributed by atoms with Crippen LogP contribution in [0.15, 0.2) is 67.0 Å². The van der Waals surface area contributed by atoms with Crippen LogP contribution in [-0.4, -0.2) is 22.0 Å². The third kappa shape index (κ3) is 3.10. The van der Waals surface area contributed by atoms with Crippen molar-refractivity contribution >= 4 is 18.1 Å². The van der Waals surface area contributed by atoms with Crippen LogP contribution in [0.2, 0.25) is 0 Å². The van der Waals surface area contributed by atoms with Crippen LogP contribution in [0.4, 0.5) is 0 Å². The third-order valence-electron chi connectivity index (χ3n) is 5.34. The summed E-state index contributed by atoms with van der Waals surface area (Å²) in [6.07, 6.45) is 7.14. The maximum Gasteiger partial charge on any atom is 0.251 e. The molecule has 1 aromatic heterocycles. The van der Waals surface area contributed by atoms with Gasteiger partial charge in [-0.25, -0.2) is 0 Å². The summed E-state index contributed by atoms with van der Waals surface area (Å²) in [6.45, 7) is 0.681. The minimum absolute atomic E-state index is 0.0311. The Morgan fingerprint density at radius 3 is 2.42 bits per heavy atom. The second kappa shape index (κ2) is 6.92. The van der Waals surface area contributed by atoms with Crippen LogP contribution in [0.1, 0.15) is 35.2 Å². The van der Waals surface area contributed by atoms with Gasteiger partial charge in [0.2, 0.25) is 0 Å². The van der Waals surface area contributed by atoms with E-state index in [1.54, 1.807) is 6.20 Å². The Morgan fingerprint density at radius 2 is 1.85 bits per heavy atom. The molecule has 1 amide bonds. The minimum Gasteiger partial charge on any atom is -0.351 e. The fraction of sp³-hybridized carbons (Fsp3) is 0.238. The summed E-state index contributed by atoms with van der Waals surface area (Å²) in [5.74, 6) is -0.0311. The third-order valence-corrected chi connectivity index (χ3v) is 5.66. The number of H-pyrrole nitrogens is 1. The molecule has 0 unspecified atom stereocenters. The molecule has 26 heavy (non-hydrogen) atoms. The highest BCUT2D eigenvalue weighted by molar-refractivity contribution is 7.71. The number of nitrogens with zero attached hydrogens (tertiary/aromatic N) is 1. The zero-order chi connectivity index (χ0) is 18.0. The molecule has 132 valence electrons. The molecule has 0 aliphatic heterocycles. The standard InChI is InChI=1S/C21H21N3OS/c25-19(16-7-9-18(10-8-16)24-14-13-22-20(24)26)23-15-21(11-4-12-21)17-5-2-1-3-6-17/h1-3,5-10,13-14H,4,11-12,15H2,(H,22,26)(H,23,25). The highest BCUT2D eigenvalue weighted by atomic mass is 32.1. The molecule has 5 heteroatoms. The van der Waals surface area contributed by atoms with Crippen molar-refractivity contribution in [3.05, 3.63) is 82.9 Å². The molecule has 4 nitrogen and oxygen atoms in total. The first kappa shape index (κ1) is 16.8. The number of carbonyl (C=O) groups is 1. The van der Waals surface area contributed by atoms with Crippen LogP contribution >= 0.6 is 12.2 Å². The fourth-order valence-corrected chi connectivity index (χ4v) is 3.85. The second-order valence-electron chi connectivity index (χ2n) is 6.86. The lowest BCUT2D eigenvalue weighted by atomic mass is 9.64. The monoisotopic (exact) mass is 363 g/mol. The molecule has 3 aromatic rings. The Morgan fingerprint density at radius 1 is 1.12 bits per heavy atom. The van der Waals surface area contributed by atoms with Crippen molar-refractivity contribution in [2.75, 3.05) is 6.54 Å². The number of benzene rings is 2. The van der Waals surface area contributed by atoms with Crippen LogP contribution in [0.3, 0.4) is 0 Å². The molecule has 0 saturated heterocycles. The van der Waals surface area contributed by atoms with Gasteiger partial charge in [0.15, 0.2) is 4.77 Å². The molecule has 0 bridgehead atoms. The van der Waals surface area contributed by atoms with Gasteiger partial charge in [-0.3, -0.25) is 9.36 Å². The number of carbonyl (C=O) groups excluding carboxylic acids is 1. The van der Waals surface area contributed by atoms with Crippen molar-refractivity contribution in [1.29, 1.82) is 0 Å². The molecule has 4 rings (SSSR count). The second-order valence-corrected chi connectivity index (χ2v) is 7.25. The predicted molar refractivity (Wildman–Crippen MR) is 105 cm³/mol. The minimum atomic E-state index is -0.0311. The van der Waals surface area contributed by atoms with E-state index in [1.165, 1.54) is 12.0 Å². The van der Waals surface area contributed by atoms with E-state index in [0.29, 0.717) is 16.9 Å². The van der Waals surface area contributed by atoms with E-state index < -0.39 is 0 Å². The topological polar surface area (TPSA) is 49.8 Å². The summed E-state index contributed by atoms with van der Waals surface area (Å²) < 4.78 is 2.51. The first-order valence-corrected chi connectivity index (χ1v) is 9.29. The van der Waals surface area contributed by atoms with Gasteiger partial charge >= 0.3 is 0 Å². The molecule has 2 N–H and O–H groups in total. The largest absolute Gasteiger partial charge is 0.351 e. The van der Waals surface area contributed by atoms with E-state index in [9.17, 15) is 4.79 Å². The predicted octanol–water partition coefficient (Wildman–Crippen LogP) is 4.39. The number of amides is 1. The molecule has 1 saturated carbocycles. The van der Waals surface area contributed by atoms with Gasteiger partial charge in [0.25, 0.3) is 5.91 Å².